The van der Waals surface area contributed by atoms with Gasteiger partial charge in [0.15, 0.2) is 9.84 Å². The highest BCUT2D eigenvalue weighted by Crippen LogP contribution is 2.56. The molecule has 1 aromatic heterocycles. The zero-order chi connectivity index (χ0) is 15.4. The summed E-state index contributed by atoms with van der Waals surface area (Å²) in [5.41, 5.74) is 4.14. The number of rotatable bonds is 4. The summed E-state index contributed by atoms with van der Waals surface area (Å²) >= 11 is 1.44. The van der Waals surface area contributed by atoms with Crippen LogP contribution in [0.4, 0.5) is 5.69 Å². The molecule has 1 aliphatic carbocycles. The highest BCUT2D eigenvalue weighted by Gasteiger charge is 2.51. The Morgan fingerprint density at radius 3 is 2.82 bits per heavy atom. The quantitative estimate of drug-likeness (QED) is 0.863. The molecule has 1 fully saturated rings. The molecule has 0 radical (unpaired) electrons. The first-order chi connectivity index (χ1) is 10.5. The van der Waals surface area contributed by atoms with Crippen LogP contribution in [-0.4, -0.2) is 26.2 Å². The molecule has 1 spiro atoms. The summed E-state index contributed by atoms with van der Waals surface area (Å²) < 4.78 is 22.7. The predicted octanol–water partition coefficient (Wildman–Crippen LogP) is 2.74. The first-order valence-corrected chi connectivity index (χ1v) is 10.3. The normalized spacial score (nSPS) is 18.7. The molecular weight excluding hydrogens is 316 g/mol. The molecule has 2 aromatic rings. The number of hydrogen-bond acceptors (Lipinski definition) is 5. The fourth-order valence-corrected chi connectivity index (χ4v) is 5.36. The van der Waals surface area contributed by atoms with Crippen molar-refractivity contribution in [3.63, 3.8) is 0 Å². The first-order valence-electron chi connectivity index (χ1n) is 7.41. The molecule has 0 amide bonds. The van der Waals surface area contributed by atoms with Crippen LogP contribution in [0.1, 0.15) is 29.1 Å². The average Bonchev–Trinajstić information content (AvgIpc) is 3.00. The minimum atomic E-state index is -3.01. The summed E-state index contributed by atoms with van der Waals surface area (Å²) in [7, 11) is -3.01. The second-order valence-corrected chi connectivity index (χ2v) is 9.54. The minimum absolute atomic E-state index is 0.0399. The van der Waals surface area contributed by atoms with E-state index in [-0.39, 0.29) is 5.75 Å². The molecule has 0 unspecified atom stereocenters. The van der Waals surface area contributed by atoms with Crippen molar-refractivity contribution in [1.29, 1.82) is 0 Å². The highest BCUT2D eigenvalue weighted by atomic mass is 32.2. The number of hydrogen-bond donors (Lipinski definition) is 0. The van der Waals surface area contributed by atoms with Crippen LogP contribution in [0.5, 0.6) is 0 Å². The smallest absolute Gasteiger partial charge is 0.153 e. The molecular formula is C16H18N2O2S2. The van der Waals surface area contributed by atoms with Crippen LogP contribution in [0.15, 0.2) is 29.6 Å². The third kappa shape index (κ3) is 2.54. The van der Waals surface area contributed by atoms with Gasteiger partial charge in [0.05, 0.1) is 12.2 Å². The molecule has 22 heavy (non-hydrogen) atoms. The lowest BCUT2D eigenvalue weighted by Crippen LogP contribution is -2.24. The Bertz CT molecular complexity index is 822. The van der Waals surface area contributed by atoms with Gasteiger partial charge in [-0.15, -0.1) is 11.3 Å². The van der Waals surface area contributed by atoms with Gasteiger partial charge in [-0.1, -0.05) is 18.2 Å². The summed E-state index contributed by atoms with van der Waals surface area (Å²) in [5, 5.41) is 2.67. The van der Waals surface area contributed by atoms with Crippen LogP contribution in [-0.2, 0) is 27.5 Å². The molecule has 0 N–H and O–H groups in total. The fourth-order valence-electron chi connectivity index (χ4n) is 3.36. The number of benzene rings is 1. The monoisotopic (exact) mass is 334 g/mol. The molecule has 6 heteroatoms. The van der Waals surface area contributed by atoms with Crippen LogP contribution in [0.3, 0.4) is 0 Å². The molecule has 4 nitrogen and oxygen atoms in total. The van der Waals surface area contributed by atoms with Gasteiger partial charge in [0.25, 0.3) is 0 Å². The molecule has 1 aromatic carbocycles. The Balaban J connectivity index is 1.55. The van der Waals surface area contributed by atoms with Crippen molar-refractivity contribution >= 4 is 26.9 Å². The van der Waals surface area contributed by atoms with Crippen molar-refractivity contribution in [2.24, 2.45) is 0 Å². The molecule has 0 atom stereocenters. The second kappa shape index (κ2) is 4.80. The van der Waals surface area contributed by atoms with Crippen molar-refractivity contribution in [2.75, 3.05) is 17.7 Å². The Labute approximate surface area is 134 Å². The first kappa shape index (κ1) is 14.2. The molecule has 0 saturated heterocycles. The standard InChI is InChI=1S/C16H18N2O2S2/c1-22(19,20)10-15-17-12(9-21-15)8-18-11-16(6-7-16)13-4-2-3-5-14(13)18/h2-5,9H,6-8,10-11H2,1H3. The molecule has 1 saturated carbocycles. The summed E-state index contributed by atoms with van der Waals surface area (Å²) in [5.74, 6) is 0.0399. The summed E-state index contributed by atoms with van der Waals surface area (Å²) in [4.78, 5) is 6.89. The minimum Gasteiger partial charge on any atom is -0.364 e. The van der Waals surface area contributed by atoms with Crippen LogP contribution in [0.2, 0.25) is 0 Å². The molecule has 0 bridgehead atoms. The lowest BCUT2D eigenvalue weighted by Gasteiger charge is -2.18. The van der Waals surface area contributed by atoms with Crippen LogP contribution >= 0.6 is 11.3 Å². The van der Waals surface area contributed by atoms with Gasteiger partial charge in [0.1, 0.15) is 10.8 Å². The highest BCUT2D eigenvalue weighted by molar-refractivity contribution is 7.90. The Hall–Kier alpha value is -1.40. The number of nitrogens with zero attached hydrogens (tertiary/aromatic N) is 2. The number of fused-ring (bicyclic) bond motifs is 2. The van der Waals surface area contributed by atoms with E-state index in [2.05, 4.69) is 34.1 Å². The number of anilines is 1. The van der Waals surface area contributed by atoms with E-state index in [0.717, 1.165) is 18.8 Å². The predicted molar refractivity (Wildman–Crippen MR) is 89.1 cm³/mol. The zero-order valence-corrected chi connectivity index (χ0v) is 14.1. The Morgan fingerprint density at radius 2 is 2.09 bits per heavy atom. The van der Waals surface area contributed by atoms with Crippen molar-refractivity contribution in [3.8, 4) is 0 Å². The lowest BCUT2D eigenvalue weighted by molar-refractivity contribution is 0.601. The molecule has 2 aliphatic rings. The van der Waals surface area contributed by atoms with Crippen LogP contribution in [0.25, 0.3) is 0 Å². The van der Waals surface area contributed by atoms with E-state index >= 15 is 0 Å². The summed E-state index contributed by atoms with van der Waals surface area (Å²) in [6.45, 7) is 1.82. The maximum Gasteiger partial charge on any atom is 0.153 e. The number of para-hydroxylation sites is 1. The average molecular weight is 334 g/mol. The van der Waals surface area contributed by atoms with Gasteiger partial charge in [-0.2, -0.15) is 0 Å². The zero-order valence-electron chi connectivity index (χ0n) is 12.4. The lowest BCUT2D eigenvalue weighted by atomic mass is 9.99. The van der Waals surface area contributed by atoms with Crippen molar-refractivity contribution in [1.82, 2.24) is 4.98 Å². The van der Waals surface area contributed by atoms with E-state index in [1.165, 1.54) is 41.7 Å². The van der Waals surface area contributed by atoms with Crippen molar-refractivity contribution in [3.05, 3.63) is 45.9 Å². The van der Waals surface area contributed by atoms with Gasteiger partial charge in [0.2, 0.25) is 0 Å². The van der Waals surface area contributed by atoms with E-state index in [0.29, 0.717) is 10.4 Å². The largest absolute Gasteiger partial charge is 0.364 e. The van der Waals surface area contributed by atoms with Gasteiger partial charge in [-0.05, 0) is 24.5 Å². The van der Waals surface area contributed by atoms with E-state index < -0.39 is 9.84 Å². The molecule has 4 rings (SSSR count). The maximum atomic E-state index is 11.4. The van der Waals surface area contributed by atoms with Gasteiger partial charge in [-0.25, -0.2) is 13.4 Å². The maximum absolute atomic E-state index is 11.4. The molecule has 1 aliphatic heterocycles. The van der Waals surface area contributed by atoms with Crippen molar-refractivity contribution in [2.45, 2.75) is 30.6 Å². The van der Waals surface area contributed by atoms with Gasteiger partial charge < -0.3 is 4.90 Å². The van der Waals surface area contributed by atoms with E-state index in [1.54, 1.807) is 0 Å². The number of thiazole rings is 1. The number of sulfone groups is 1. The van der Waals surface area contributed by atoms with Crippen LogP contribution < -0.4 is 4.90 Å². The van der Waals surface area contributed by atoms with E-state index in [1.807, 2.05) is 5.38 Å². The summed E-state index contributed by atoms with van der Waals surface area (Å²) in [6.07, 6.45) is 3.80. The summed E-state index contributed by atoms with van der Waals surface area (Å²) in [6, 6.07) is 8.64. The van der Waals surface area contributed by atoms with Crippen molar-refractivity contribution < 1.29 is 8.42 Å². The van der Waals surface area contributed by atoms with Gasteiger partial charge >= 0.3 is 0 Å². The van der Waals surface area contributed by atoms with E-state index in [4.69, 9.17) is 0 Å². The number of aromatic nitrogens is 1. The topological polar surface area (TPSA) is 50.3 Å². The Morgan fingerprint density at radius 1 is 1.32 bits per heavy atom. The molecule has 116 valence electrons. The fraction of sp³-hybridized carbons (Fsp3) is 0.438. The van der Waals surface area contributed by atoms with Gasteiger partial charge in [0, 0.05) is 29.3 Å². The molecule has 2 heterocycles. The van der Waals surface area contributed by atoms with Crippen LogP contribution in [0, 0.1) is 0 Å². The Kier molecular flexibility index (Phi) is 3.10. The third-order valence-corrected chi connectivity index (χ3v) is 6.38. The second-order valence-electron chi connectivity index (χ2n) is 6.46. The SMILES string of the molecule is CS(=O)(=O)Cc1nc(CN2CC3(CC3)c3ccccc32)cs1. The van der Waals surface area contributed by atoms with E-state index in [9.17, 15) is 8.42 Å². The third-order valence-electron chi connectivity index (χ3n) is 4.50. The van der Waals surface area contributed by atoms with Gasteiger partial charge in [-0.3, -0.25) is 0 Å².